The summed E-state index contributed by atoms with van der Waals surface area (Å²) in [6, 6.07) is 5.57. The molecule has 0 unspecified atom stereocenters. The van der Waals surface area contributed by atoms with Gasteiger partial charge in [0.25, 0.3) is 5.56 Å². The van der Waals surface area contributed by atoms with E-state index in [1.54, 1.807) is 0 Å². The molecule has 0 atom stereocenters. The van der Waals surface area contributed by atoms with Crippen LogP contribution in [0, 0.1) is 12.8 Å². The van der Waals surface area contributed by atoms with Gasteiger partial charge in [0.05, 0.1) is 11.9 Å². The predicted molar refractivity (Wildman–Crippen MR) is 104 cm³/mol. The van der Waals surface area contributed by atoms with Crippen LogP contribution < -0.4 is 15.8 Å². The number of aryl methyl sites for hydroxylation is 1. The molecule has 0 bridgehead atoms. The number of rotatable bonds is 4. The first-order valence-corrected chi connectivity index (χ1v) is 9.50. The molecule has 0 saturated heterocycles. The Morgan fingerprint density at radius 3 is 3.00 bits per heavy atom. The lowest BCUT2D eigenvalue weighted by molar-refractivity contribution is 0.685. The van der Waals surface area contributed by atoms with Crippen molar-refractivity contribution in [3.05, 3.63) is 57.8 Å². The highest BCUT2D eigenvalue weighted by molar-refractivity contribution is 5.55. The Balaban J connectivity index is 1.45. The van der Waals surface area contributed by atoms with Gasteiger partial charge >= 0.3 is 0 Å². The van der Waals surface area contributed by atoms with Crippen molar-refractivity contribution in [1.82, 2.24) is 19.6 Å². The minimum absolute atomic E-state index is 0.160. The number of pyridine rings is 1. The Labute approximate surface area is 157 Å². The van der Waals surface area contributed by atoms with Crippen molar-refractivity contribution in [2.45, 2.75) is 32.7 Å². The third kappa shape index (κ3) is 3.13. The van der Waals surface area contributed by atoms with Crippen LogP contribution in [0.15, 0.2) is 35.4 Å². The minimum Gasteiger partial charge on any atom is -0.384 e. The average molecular weight is 362 g/mol. The van der Waals surface area contributed by atoms with Crippen LogP contribution in [-0.4, -0.2) is 32.7 Å². The highest BCUT2D eigenvalue weighted by atomic mass is 16.1. The van der Waals surface area contributed by atoms with Gasteiger partial charge in [-0.2, -0.15) is 4.52 Å². The smallest absolute Gasteiger partial charge is 0.274 e. The molecule has 1 aliphatic carbocycles. The topological polar surface area (TPSA) is 75.4 Å². The Kier molecular flexibility index (Phi) is 3.81. The predicted octanol–water partition coefficient (Wildman–Crippen LogP) is 2.18. The van der Waals surface area contributed by atoms with E-state index in [1.807, 2.05) is 19.2 Å². The van der Waals surface area contributed by atoms with Crippen molar-refractivity contribution in [3.63, 3.8) is 0 Å². The highest BCUT2D eigenvalue weighted by Crippen LogP contribution is 2.30. The second-order valence-corrected chi connectivity index (χ2v) is 7.53. The average Bonchev–Trinajstić information content (AvgIpc) is 3.50. The summed E-state index contributed by atoms with van der Waals surface area (Å²) in [5, 5.41) is 8.10. The summed E-state index contributed by atoms with van der Waals surface area (Å²) in [5.41, 5.74) is 4.90. The Bertz CT molecular complexity index is 1070. The molecule has 7 nitrogen and oxygen atoms in total. The van der Waals surface area contributed by atoms with Gasteiger partial charge in [0.1, 0.15) is 0 Å². The fraction of sp³-hybridized carbons (Fsp3) is 0.400. The van der Waals surface area contributed by atoms with Crippen molar-refractivity contribution in [2.75, 3.05) is 23.3 Å². The zero-order valence-electron chi connectivity index (χ0n) is 15.4. The fourth-order valence-electron chi connectivity index (χ4n) is 3.65. The van der Waals surface area contributed by atoms with Gasteiger partial charge in [0.15, 0.2) is 11.5 Å². The summed E-state index contributed by atoms with van der Waals surface area (Å²) in [6.07, 6.45) is 7.01. The van der Waals surface area contributed by atoms with E-state index in [1.165, 1.54) is 35.2 Å². The van der Waals surface area contributed by atoms with Crippen LogP contribution in [0.1, 0.15) is 29.7 Å². The highest BCUT2D eigenvalue weighted by Gasteiger charge is 2.23. The van der Waals surface area contributed by atoms with Gasteiger partial charge in [-0.05, 0) is 48.9 Å². The lowest BCUT2D eigenvalue weighted by atomic mass is 10.0. The van der Waals surface area contributed by atoms with Gasteiger partial charge < -0.3 is 10.2 Å². The molecule has 1 fully saturated rings. The first-order valence-electron chi connectivity index (χ1n) is 9.50. The summed E-state index contributed by atoms with van der Waals surface area (Å²) in [7, 11) is 0. The number of hydrogen-bond acceptors (Lipinski definition) is 6. The molecule has 3 aromatic heterocycles. The summed E-state index contributed by atoms with van der Waals surface area (Å²) >= 11 is 0. The van der Waals surface area contributed by atoms with Gasteiger partial charge in [-0.1, -0.05) is 0 Å². The SMILES string of the molecule is Cc1cc2nccc(=O)n2nc1N1CCc2ncc(NCC3CC3)cc2C1. The molecule has 1 N–H and O–H groups in total. The summed E-state index contributed by atoms with van der Waals surface area (Å²) in [5.74, 6) is 1.66. The molecule has 7 heteroatoms. The molecule has 2 aliphatic rings. The monoisotopic (exact) mass is 362 g/mol. The van der Waals surface area contributed by atoms with E-state index in [4.69, 9.17) is 0 Å². The minimum atomic E-state index is -0.160. The van der Waals surface area contributed by atoms with Crippen LogP contribution in [0.4, 0.5) is 11.5 Å². The lowest BCUT2D eigenvalue weighted by Gasteiger charge is -2.30. The number of hydrogen-bond donors (Lipinski definition) is 1. The van der Waals surface area contributed by atoms with E-state index in [2.05, 4.69) is 31.3 Å². The number of aromatic nitrogens is 4. The van der Waals surface area contributed by atoms with Crippen LogP contribution in [0.2, 0.25) is 0 Å². The molecule has 0 aromatic carbocycles. The zero-order valence-corrected chi connectivity index (χ0v) is 15.4. The van der Waals surface area contributed by atoms with Crippen LogP contribution in [0.5, 0.6) is 0 Å². The first-order chi connectivity index (χ1) is 13.2. The molecule has 1 saturated carbocycles. The normalized spacial score (nSPS) is 16.4. The summed E-state index contributed by atoms with van der Waals surface area (Å²) < 4.78 is 1.38. The molecule has 0 spiro atoms. The van der Waals surface area contributed by atoms with E-state index in [9.17, 15) is 4.79 Å². The van der Waals surface area contributed by atoms with Crippen molar-refractivity contribution < 1.29 is 0 Å². The molecule has 4 heterocycles. The van der Waals surface area contributed by atoms with Gasteiger partial charge in [0, 0.05) is 44.0 Å². The molecule has 27 heavy (non-hydrogen) atoms. The molecular weight excluding hydrogens is 340 g/mol. The molecule has 3 aromatic rings. The number of nitrogens with one attached hydrogen (secondary N) is 1. The van der Waals surface area contributed by atoms with E-state index in [-0.39, 0.29) is 5.56 Å². The third-order valence-electron chi connectivity index (χ3n) is 5.37. The third-order valence-corrected chi connectivity index (χ3v) is 5.37. The largest absolute Gasteiger partial charge is 0.384 e. The second kappa shape index (κ2) is 6.33. The van der Waals surface area contributed by atoms with E-state index in [0.29, 0.717) is 5.65 Å². The van der Waals surface area contributed by atoms with Crippen molar-refractivity contribution in [1.29, 1.82) is 0 Å². The summed E-state index contributed by atoms with van der Waals surface area (Å²) in [6.45, 7) is 4.63. The molecule has 0 amide bonds. The molecule has 5 rings (SSSR count). The van der Waals surface area contributed by atoms with Gasteiger partial charge in [-0.25, -0.2) is 4.98 Å². The summed E-state index contributed by atoms with van der Waals surface area (Å²) in [4.78, 5) is 23.2. The number of fused-ring (bicyclic) bond motifs is 2. The Morgan fingerprint density at radius 1 is 1.26 bits per heavy atom. The van der Waals surface area contributed by atoms with Crippen LogP contribution in [0.25, 0.3) is 5.65 Å². The molecular formula is C20H22N6O. The maximum atomic E-state index is 12.1. The maximum absolute atomic E-state index is 12.1. The molecule has 0 radical (unpaired) electrons. The second-order valence-electron chi connectivity index (χ2n) is 7.53. The van der Waals surface area contributed by atoms with Crippen LogP contribution in [-0.2, 0) is 13.0 Å². The standard InChI is InChI=1S/C20H22N6O/c1-13-8-18-21-6-4-19(27)26(18)24-20(13)25-7-5-17-15(12-25)9-16(11-23-17)22-10-14-2-3-14/h4,6,8-9,11,14,22H,2-3,5,7,10,12H2,1H3. The van der Waals surface area contributed by atoms with E-state index >= 15 is 0 Å². The number of nitrogens with zero attached hydrogens (tertiary/aromatic N) is 5. The zero-order chi connectivity index (χ0) is 18.4. The fourth-order valence-corrected chi connectivity index (χ4v) is 3.65. The van der Waals surface area contributed by atoms with E-state index in [0.717, 1.165) is 54.7 Å². The van der Waals surface area contributed by atoms with E-state index < -0.39 is 0 Å². The Hall–Kier alpha value is -2.96. The van der Waals surface area contributed by atoms with Crippen molar-refractivity contribution in [2.24, 2.45) is 5.92 Å². The quantitative estimate of drug-likeness (QED) is 0.767. The van der Waals surface area contributed by atoms with Crippen LogP contribution in [0.3, 0.4) is 0 Å². The van der Waals surface area contributed by atoms with Crippen molar-refractivity contribution in [3.8, 4) is 0 Å². The first kappa shape index (κ1) is 16.2. The molecule has 138 valence electrons. The van der Waals surface area contributed by atoms with Gasteiger partial charge in [-0.3, -0.25) is 9.78 Å². The number of anilines is 2. The van der Waals surface area contributed by atoms with Gasteiger partial charge in [-0.15, -0.1) is 5.10 Å². The molecule has 1 aliphatic heterocycles. The van der Waals surface area contributed by atoms with Crippen molar-refractivity contribution >= 4 is 17.2 Å². The lowest BCUT2D eigenvalue weighted by Crippen LogP contribution is -2.33. The maximum Gasteiger partial charge on any atom is 0.274 e. The Morgan fingerprint density at radius 2 is 2.15 bits per heavy atom. The van der Waals surface area contributed by atoms with Gasteiger partial charge in [0.2, 0.25) is 0 Å². The van der Waals surface area contributed by atoms with Crippen LogP contribution >= 0.6 is 0 Å².